The van der Waals surface area contributed by atoms with E-state index in [4.69, 9.17) is 0 Å². The number of aryl methyl sites for hydroxylation is 1. The van der Waals surface area contributed by atoms with Crippen LogP contribution in [0, 0.1) is 29.1 Å². The summed E-state index contributed by atoms with van der Waals surface area (Å²) in [6.07, 6.45) is -0.944. The fourth-order valence-corrected chi connectivity index (χ4v) is 2.94. The first-order valence-corrected chi connectivity index (χ1v) is 9.63. The number of rotatable bonds is 9. The highest BCUT2D eigenvalue weighted by molar-refractivity contribution is 5.65. The first-order chi connectivity index (χ1) is 15.6. The van der Waals surface area contributed by atoms with Crippen molar-refractivity contribution >= 4 is 0 Å². The highest BCUT2D eigenvalue weighted by atomic mass is 19.3. The van der Waals surface area contributed by atoms with E-state index < -0.39 is 53.3 Å². The minimum absolute atomic E-state index is 0.101. The Kier molecular flexibility index (Phi) is 7.30. The normalized spacial score (nSPS) is 11.4. The minimum atomic E-state index is -4.19. The number of hydrogen-bond donors (Lipinski definition) is 0. The summed E-state index contributed by atoms with van der Waals surface area (Å²) in [5, 5.41) is 0. The Morgan fingerprint density at radius 1 is 0.818 bits per heavy atom. The molecule has 0 saturated heterocycles. The van der Waals surface area contributed by atoms with Crippen molar-refractivity contribution in [3.05, 3.63) is 95.8 Å². The third-order valence-electron chi connectivity index (χ3n) is 4.57. The Hall–Kier alpha value is -3.49. The van der Waals surface area contributed by atoms with Gasteiger partial charge in [-0.05, 0) is 36.1 Å². The summed E-state index contributed by atoms with van der Waals surface area (Å²) in [7, 11) is 0. The maximum absolute atomic E-state index is 14.5. The van der Waals surface area contributed by atoms with Crippen molar-refractivity contribution in [2.24, 2.45) is 0 Å². The van der Waals surface area contributed by atoms with Crippen LogP contribution in [0.1, 0.15) is 12.0 Å². The van der Waals surface area contributed by atoms with Crippen LogP contribution in [0.5, 0.6) is 11.5 Å². The zero-order valence-corrected chi connectivity index (χ0v) is 17.0. The van der Waals surface area contributed by atoms with E-state index in [9.17, 15) is 30.7 Å². The molecule has 33 heavy (non-hydrogen) atoms. The maximum atomic E-state index is 14.5. The average molecular weight is 470 g/mol. The van der Waals surface area contributed by atoms with Gasteiger partial charge in [0.05, 0.1) is 0 Å². The largest absolute Gasteiger partial charge is 0.480 e. The second-order valence-corrected chi connectivity index (χ2v) is 6.99. The van der Waals surface area contributed by atoms with Gasteiger partial charge in [0.15, 0.2) is 35.6 Å². The smallest absolute Gasteiger partial charge is 0.433 e. The zero-order chi connectivity index (χ0) is 24.2. The molecule has 174 valence electrons. The van der Waals surface area contributed by atoms with E-state index in [2.05, 4.69) is 16.1 Å². The SMILES string of the molecule is C=CCCc1ccc(-c2ccc(OCC(F)(F)Oc3cc(F)c(F)c(F)c3)c(F)c2F)cc1. The molecule has 0 unspecified atom stereocenters. The Morgan fingerprint density at radius 2 is 1.45 bits per heavy atom. The van der Waals surface area contributed by atoms with Crippen LogP contribution in [0.4, 0.5) is 30.7 Å². The molecule has 0 saturated carbocycles. The summed E-state index contributed by atoms with van der Waals surface area (Å²) < 4.78 is 105. The van der Waals surface area contributed by atoms with Crippen molar-refractivity contribution in [2.45, 2.75) is 19.0 Å². The van der Waals surface area contributed by atoms with Crippen LogP contribution < -0.4 is 9.47 Å². The summed E-state index contributed by atoms with van der Waals surface area (Å²) >= 11 is 0. The molecule has 0 radical (unpaired) electrons. The highest BCUT2D eigenvalue weighted by Crippen LogP contribution is 2.32. The molecule has 3 rings (SSSR count). The fourth-order valence-electron chi connectivity index (χ4n) is 2.94. The molecular formula is C24H17F7O2. The molecule has 0 spiro atoms. The number of benzene rings is 3. The lowest BCUT2D eigenvalue weighted by atomic mass is 10.0. The van der Waals surface area contributed by atoms with Gasteiger partial charge in [-0.3, -0.25) is 0 Å². The molecule has 0 aliphatic heterocycles. The average Bonchev–Trinajstić information content (AvgIpc) is 2.77. The molecule has 0 aromatic heterocycles. The van der Waals surface area contributed by atoms with Gasteiger partial charge in [-0.15, -0.1) is 6.58 Å². The van der Waals surface area contributed by atoms with E-state index in [0.717, 1.165) is 30.5 Å². The second-order valence-electron chi connectivity index (χ2n) is 6.99. The standard InChI is InChI=1S/C24H17F7O2/c1-2-3-4-14-5-7-15(8-6-14)17-9-10-20(23(29)21(17)27)32-13-24(30,31)33-16-11-18(25)22(28)19(26)12-16/h2,5-12H,1,3-4,13H2. The van der Waals surface area contributed by atoms with Crippen LogP contribution in [0.15, 0.2) is 61.2 Å². The summed E-state index contributed by atoms with van der Waals surface area (Å²) in [5.74, 6) is -9.97. The second kappa shape index (κ2) is 9.97. The molecule has 0 amide bonds. The third kappa shape index (κ3) is 5.85. The maximum Gasteiger partial charge on any atom is 0.433 e. The molecule has 0 fully saturated rings. The van der Waals surface area contributed by atoms with Crippen molar-refractivity contribution in [3.8, 4) is 22.6 Å². The summed E-state index contributed by atoms with van der Waals surface area (Å²) in [6.45, 7) is 2.02. The lowest BCUT2D eigenvalue weighted by Crippen LogP contribution is -2.32. The monoisotopic (exact) mass is 470 g/mol. The van der Waals surface area contributed by atoms with E-state index in [0.29, 0.717) is 5.56 Å². The van der Waals surface area contributed by atoms with Crippen molar-refractivity contribution in [1.82, 2.24) is 0 Å². The summed E-state index contributed by atoms with van der Waals surface area (Å²) in [5.41, 5.74) is 1.24. The molecule has 0 aliphatic rings. The van der Waals surface area contributed by atoms with E-state index in [1.165, 1.54) is 0 Å². The van der Waals surface area contributed by atoms with Gasteiger partial charge in [0.1, 0.15) is 5.75 Å². The molecule has 0 N–H and O–H groups in total. The van der Waals surface area contributed by atoms with Gasteiger partial charge in [-0.2, -0.15) is 13.2 Å². The Labute approximate surface area is 184 Å². The molecule has 0 atom stereocenters. The van der Waals surface area contributed by atoms with Crippen LogP contribution in [0.25, 0.3) is 11.1 Å². The van der Waals surface area contributed by atoms with Crippen LogP contribution in [0.3, 0.4) is 0 Å². The van der Waals surface area contributed by atoms with Gasteiger partial charge in [-0.1, -0.05) is 30.3 Å². The summed E-state index contributed by atoms with van der Waals surface area (Å²) in [4.78, 5) is 0. The lowest BCUT2D eigenvalue weighted by molar-refractivity contribution is -0.196. The Bertz CT molecular complexity index is 1120. The first-order valence-electron chi connectivity index (χ1n) is 9.63. The summed E-state index contributed by atoms with van der Waals surface area (Å²) in [6, 6.07) is 9.25. The van der Waals surface area contributed by atoms with Gasteiger partial charge in [-0.25, -0.2) is 17.6 Å². The van der Waals surface area contributed by atoms with Gasteiger partial charge >= 0.3 is 6.11 Å². The van der Waals surface area contributed by atoms with E-state index in [-0.39, 0.29) is 17.7 Å². The molecule has 3 aromatic carbocycles. The predicted octanol–water partition coefficient (Wildman–Crippen LogP) is 7.22. The van der Waals surface area contributed by atoms with Crippen molar-refractivity contribution in [1.29, 1.82) is 0 Å². The van der Waals surface area contributed by atoms with Crippen LogP contribution in [-0.2, 0) is 6.42 Å². The first kappa shape index (κ1) is 24.2. The molecule has 0 heterocycles. The molecule has 3 aromatic rings. The fraction of sp³-hybridized carbons (Fsp3) is 0.167. The number of hydrogen-bond acceptors (Lipinski definition) is 2. The molecule has 2 nitrogen and oxygen atoms in total. The number of ether oxygens (including phenoxy) is 2. The van der Waals surface area contributed by atoms with Crippen molar-refractivity contribution < 1.29 is 40.2 Å². The Balaban J connectivity index is 1.71. The van der Waals surface area contributed by atoms with Crippen molar-refractivity contribution in [2.75, 3.05) is 6.61 Å². The van der Waals surface area contributed by atoms with E-state index in [1.807, 2.05) is 0 Å². The predicted molar refractivity (Wildman–Crippen MR) is 108 cm³/mol. The number of allylic oxidation sites excluding steroid dienone is 1. The van der Waals surface area contributed by atoms with Gasteiger partial charge in [0, 0.05) is 17.7 Å². The van der Waals surface area contributed by atoms with E-state index >= 15 is 0 Å². The third-order valence-corrected chi connectivity index (χ3v) is 4.57. The molecule has 9 heteroatoms. The van der Waals surface area contributed by atoms with Gasteiger partial charge in [0.25, 0.3) is 0 Å². The molecule has 0 bridgehead atoms. The van der Waals surface area contributed by atoms with Crippen LogP contribution in [0.2, 0.25) is 0 Å². The zero-order valence-electron chi connectivity index (χ0n) is 17.0. The molecule has 0 aliphatic carbocycles. The number of alkyl halides is 2. The van der Waals surface area contributed by atoms with Crippen LogP contribution in [-0.4, -0.2) is 12.7 Å². The van der Waals surface area contributed by atoms with Gasteiger partial charge < -0.3 is 9.47 Å². The van der Waals surface area contributed by atoms with Crippen LogP contribution >= 0.6 is 0 Å². The molecular weight excluding hydrogens is 453 g/mol. The highest BCUT2D eigenvalue weighted by Gasteiger charge is 2.34. The lowest BCUT2D eigenvalue weighted by Gasteiger charge is -2.19. The quantitative estimate of drug-likeness (QED) is 0.187. The number of halogens is 7. The van der Waals surface area contributed by atoms with E-state index in [1.54, 1.807) is 30.3 Å². The van der Waals surface area contributed by atoms with Gasteiger partial charge in [0.2, 0.25) is 5.82 Å². The van der Waals surface area contributed by atoms with Crippen molar-refractivity contribution in [3.63, 3.8) is 0 Å². The minimum Gasteiger partial charge on any atom is -0.480 e. The Morgan fingerprint density at radius 3 is 2.06 bits per heavy atom. The topological polar surface area (TPSA) is 18.5 Å².